The number of rotatable bonds is 9. The van der Waals surface area contributed by atoms with Crippen LogP contribution in [-0.4, -0.2) is 25.5 Å². The SMILES string of the molecule is Cc1nn(Cc2ccccc2)c(C)c1CNC(=O)CCc1c(C)nn(CC(C)C)c1C. The van der Waals surface area contributed by atoms with E-state index in [4.69, 9.17) is 0 Å². The molecule has 0 aliphatic heterocycles. The summed E-state index contributed by atoms with van der Waals surface area (Å²) in [6, 6.07) is 10.3. The fourth-order valence-corrected chi connectivity index (χ4v) is 4.03. The van der Waals surface area contributed by atoms with Crippen molar-refractivity contribution in [2.24, 2.45) is 5.92 Å². The van der Waals surface area contributed by atoms with E-state index in [1.807, 2.05) is 36.7 Å². The van der Waals surface area contributed by atoms with Crippen LogP contribution in [0.4, 0.5) is 0 Å². The first-order chi connectivity index (χ1) is 14.8. The van der Waals surface area contributed by atoms with E-state index in [9.17, 15) is 4.79 Å². The lowest BCUT2D eigenvalue weighted by atomic mass is 10.1. The lowest BCUT2D eigenvalue weighted by Crippen LogP contribution is -2.23. The normalized spacial score (nSPS) is 11.3. The van der Waals surface area contributed by atoms with Crippen molar-refractivity contribution >= 4 is 5.91 Å². The number of benzene rings is 1. The number of aryl methyl sites for hydroxylation is 2. The third kappa shape index (κ3) is 5.63. The van der Waals surface area contributed by atoms with Crippen LogP contribution in [0.3, 0.4) is 0 Å². The number of aromatic nitrogens is 4. The molecule has 0 saturated carbocycles. The van der Waals surface area contributed by atoms with Crippen molar-refractivity contribution in [1.29, 1.82) is 0 Å². The molecule has 0 aliphatic carbocycles. The van der Waals surface area contributed by atoms with Crippen LogP contribution in [-0.2, 0) is 30.8 Å². The van der Waals surface area contributed by atoms with Crippen LogP contribution in [0, 0.1) is 33.6 Å². The van der Waals surface area contributed by atoms with E-state index in [1.54, 1.807) is 0 Å². The first kappa shape index (κ1) is 22.8. The van der Waals surface area contributed by atoms with Crippen LogP contribution in [0.15, 0.2) is 30.3 Å². The van der Waals surface area contributed by atoms with Gasteiger partial charge in [-0.05, 0) is 51.2 Å². The maximum absolute atomic E-state index is 12.6. The van der Waals surface area contributed by atoms with Gasteiger partial charge in [0.15, 0.2) is 0 Å². The second kappa shape index (κ2) is 9.94. The largest absolute Gasteiger partial charge is 0.352 e. The minimum absolute atomic E-state index is 0.0602. The summed E-state index contributed by atoms with van der Waals surface area (Å²) < 4.78 is 4.09. The first-order valence-electron chi connectivity index (χ1n) is 11.1. The van der Waals surface area contributed by atoms with Gasteiger partial charge in [0.2, 0.25) is 5.91 Å². The maximum atomic E-state index is 12.6. The molecule has 2 heterocycles. The van der Waals surface area contributed by atoms with Gasteiger partial charge in [0.25, 0.3) is 0 Å². The summed E-state index contributed by atoms with van der Waals surface area (Å²) in [6.45, 7) is 14.7. The average molecular weight is 422 g/mol. The summed E-state index contributed by atoms with van der Waals surface area (Å²) in [5, 5.41) is 12.4. The van der Waals surface area contributed by atoms with E-state index in [1.165, 1.54) is 16.8 Å². The van der Waals surface area contributed by atoms with Gasteiger partial charge in [-0.1, -0.05) is 44.2 Å². The van der Waals surface area contributed by atoms with Gasteiger partial charge in [-0.25, -0.2) is 0 Å². The summed E-state index contributed by atoms with van der Waals surface area (Å²) in [5.41, 5.74) is 7.78. The number of nitrogens with one attached hydrogen (secondary N) is 1. The van der Waals surface area contributed by atoms with Crippen molar-refractivity contribution in [3.05, 3.63) is 69.8 Å². The zero-order chi connectivity index (χ0) is 22.5. The summed E-state index contributed by atoms with van der Waals surface area (Å²) in [5.74, 6) is 0.605. The topological polar surface area (TPSA) is 64.7 Å². The fourth-order valence-electron chi connectivity index (χ4n) is 4.03. The molecule has 0 saturated heterocycles. The Morgan fingerprint density at radius 3 is 2.23 bits per heavy atom. The van der Waals surface area contributed by atoms with Gasteiger partial charge in [0, 0.05) is 36.5 Å². The highest BCUT2D eigenvalue weighted by atomic mass is 16.1. The molecule has 6 nitrogen and oxygen atoms in total. The Kier molecular flexibility index (Phi) is 7.31. The molecule has 1 N–H and O–H groups in total. The molecule has 0 atom stereocenters. The van der Waals surface area contributed by atoms with Crippen LogP contribution < -0.4 is 5.32 Å². The third-order valence-electron chi connectivity index (χ3n) is 5.84. The lowest BCUT2D eigenvalue weighted by Gasteiger charge is -2.09. The molecule has 3 rings (SSSR count). The molecule has 1 amide bonds. The van der Waals surface area contributed by atoms with E-state index < -0.39 is 0 Å². The number of nitrogens with zero attached hydrogens (tertiary/aromatic N) is 4. The molecule has 0 radical (unpaired) electrons. The van der Waals surface area contributed by atoms with Crippen molar-refractivity contribution in [3.63, 3.8) is 0 Å². The van der Waals surface area contributed by atoms with Crippen LogP contribution >= 0.6 is 0 Å². The molecule has 2 aromatic heterocycles. The predicted octanol–water partition coefficient (Wildman–Crippen LogP) is 4.27. The van der Waals surface area contributed by atoms with E-state index in [0.29, 0.717) is 25.3 Å². The highest BCUT2D eigenvalue weighted by Gasteiger charge is 2.15. The molecule has 166 valence electrons. The van der Waals surface area contributed by atoms with Gasteiger partial charge >= 0.3 is 0 Å². The van der Waals surface area contributed by atoms with Gasteiger partial charge in [-0.15, -0.1) is 0 Å². The van der Waals surface area contributed by atoms with Crippen LogP contribution in [0.1, 0.15) is 59.7 Å². The van der Waals surface area contributed by atoms with Gasteiger partial charge in [-0.2, -0.15) is 10.2 Å². The van der Waals surface area contributed by atoms with Crippen LogP contribution in [0.2, 0.25) is 0 Å². The number of hydrogen-bond acceptors (Lipinski definition) is 3. The zero-order valence-corrected chi connectivity index (χ0v) is 19.7. The van der Waals surface area contributed by atoms with Crippen molar-refractivity contribution in [2.75, 3.05) is 0 Å². The minimum Gasteiger partial charge on any atom is -0.352 e. The Morgan fingerprint density at radius 1 is 0.935 bits per heavy atom. The summed E-state index contributed by atoms with van der Waals surface area (Å²) in [7, 11) is 0. The van der Waals surface area contributed by atoms with Crippen molar-refractivity contribution < 1.29 is 4.79 Å². The molecular weight excluding hydrogens is 386 g/mol. The lowest BCUT2D eigenvalue weighted by molar-refractivity contribution is -0.121. The molecule has 0 aliphatic rings. The number of carbonyl (C=O) groups excluding carboxylic acids is 1. The van der Waals surface area contributed by atoms with Crippen molar-refractivity contribution in [2.45, 2.75) is 74.0 Å². The van der Waals surface area contributed by atoms with E-state index in [-0.39, 0.29) is 5.91 Å². The molecule has 6 heteroatoms. The van der Waals surface area contributed by atoms with Gasteiger partial charge in [0.1, 0.15) is 0 Å². The average Bonchev–Trinajstić information content (AvgIpc) is 3.13. The van der Waals surface area contributed by atoms with E-state index in [2.05, 4.69) is 60.0 Å². The maximum Gasteiger partial charge on any atom is 0.220 e. The van der Waals surface area contributed by atoms with Gasteiger partial charge in [0.05, 0.1) is 17.9 Å². The van der Waals surface area contributed by atoms with E-state index in [0.717, 1.165) is 35.7 Å². The molecule has 1 aromatic carbocycles. The van der Waals surface area contributed by atoms with Crippen molar-refractivity contribution in [1.82, 2.24) is 24.9 Å². The number of carbonyl (C=O) groups is 1. The highest BCUT2D eigenvalue weighted by Crippen LogP contribution is 2.17. The molecule has 0 spiro atoms. The van der Waals surface area contributed by atoms with Crippen LogP contribution in [0.5, 0.6) is 0 Å². The highest BCUT2D eigenvalue weighted by molar-refractivity contribution is 5.76. The number of hydrogen-bond donors (Lipinski definition) is 1. The smallest absolute Gasteiger partial charge is 0.220 e. The standard InChI is InChI=1S/C25H35N5O/c1-17(2)15-29-20(5)23(18(3)27-29)12-13-25(31)26-14-24-19(4)28-30(21(24)6)16-22-10-8-7-9-11-22/h7-11,17H,12-16H2,1-6H3,(H,26,31). The quantitative estimate of drug-likeness (QED) is 0.561. The summed E-state index contributed by atoms with van der Waals surface area (Å²) in [6.07, 6.45) is 1.18. The monoisotopic (exact) mass is 421 g/mol. The second-order valence-corrected chi connectivity index (χ2v) is 8.79. The summed E-state index contributed by atoms with van der Waals surface area (Å²) >= 11 is 0. The number of amides is 1. The molecule has 0 unspecified atom stereocenters. The third-order valence-corrected chi connectivity index (χ3v) is 5.84. The second-order valence-electron chi connectivity index (χ2n) is 8.79. The van der Waals surface area contributed by atoms with E-state index >= 15 is 0 Å². The minimum atomic E-state index is 0.0602. The van der Waals surface area contributed by atoms with Crippen LogP contribution in [0.25, 0.3) is 0 Å². The zero-order valence-electron chi connectivity index (χ0n) is 19.7. The Balaban J connectivity index is 1.57. The molecule has 3 aromatic rings. The van der Waals surface area contributed by atoms with Gasteiger partial charge < -0.3 is 5.32 Å². The Labute approximate surface area is 185 Å². The fraction of sp³-hybridized carbons (Fsp3) is 0.480. The predicted molar refractivity (Wildman–Crippen MR) is 124 cm³/mol. The molecule has 0 bridgehead atoms. The van der Waals surface area contributed by atoms with Gasteiger partial charge in [-0.3, -0.25) is 14.2 Å². The Bertz CT molecular complexity index is 1030. The summed E-state index contributed by atoms with van der Waals surface area (Å²) in [4.78, 5) is 12.6. The molecule has 0 fully saturated rings. The van der Waals surface area contributed by atoms with Crippen molar-refractivity contribution in [3.8, 4) is 0 Å². The molecular formula is C25H35N5O. The Morgan fingerprint density at radius 2 is 1.55 bits per heavy atom. The molecule has 31 heavy (non-hydrogen) atoms. The Hall–Kier alpha value is -2.89. The first-order valence-corrected chi connectivity index (χ1v) is 11.1.